The second kappa shape index (κ2) is 4.02. The number of anilines is 1. The number of nitriles is 1. The molecule has 0 radical (unpaired) electrons. The maximum atomic E-state index is 13.6. The molecule has 3 rings (SSSR count). The van der Waals surface area contributed by atoms with E-state index in [1.54, 1.807) is 0 Å². The van der Waals surface area contributed by atoms with Crippen molar-refractivity contribution in [3.05, 3.63) is 21.0 Å². The minimum atomic E-state index is -0.376. The lowest BCUT2D eigenvalue weighted by atomic mass is 10.1. The van der Waals surface area contributed by atoms with Crippen molar-refractivity contribution in [3.63, 3.8) is 0 Å². The van der Waals surface area contributed by atoms with E-state index >= 15 is 0 Å². The van der Waals surface area contributed by atoms with Gasteiger partial charge in [0.05, 0.1) is 20.9 Å². The van der Waals surface area contributed by atoms with Gasteiger partial charge in [0, 0.05) is 12.6 Å². The molecular formula is C12H10FIN2O. The third-order valence-electron chi connectivity index (χ3n) is 3.36. The minimum Gasteiger partial charge on any atom is -0.489 e. The van der Waals surface area contributed by atoms with Crippen LogP contribution in [0.3, 0.4) is 0 Å². The molecule has 0 aliphatic carbocycles. The van der Waals surface area contributed by atoms with Crippen LogP contribution in [0.4, 0.5) is 10.1 Å². The van der Waals surface area contributed by atoms with Crippen molar-refractivity contribution < 1.29 is 9.13 Å². The molecule has 88 valence electrons. The van der Waals surface area contributed by atoms with Crippen LogP contribution in [0.5, 0.6) is 5.75 Å². The topological polar surface area (TPSA) is 36.3 Å². The Labute approximate surface area is 112 Å². The lowest BCUT2D eigenvalue weighted by Crippen LogP contribution is -2.38. The molecule has 0 amide bonds. The fourth-order valence-electron chi connectivity index (χ4n) is 2.58. The Morgan fingerprint density at radius 3 is 3.18 bits per heavy atom. The highest BCUT2D eigenvalue weighted by Crippen LogP contribution is 2.42. The third-order valence-corrected chi connectivity index (χ3v) is 4.42. The molecule has 2 aliphatic rings. The zero-order valence-electron chi connectivity index (χ0n) is 9.04. The number of nitrogens with zero attached hydrogens (tertiary/aromatic N) is 2. The van der Waals surface area contributed by atoms with E-state index in [-0.39, 0.29) is 5.82 Å². The predicted octanol–water partition coefficient (Wildman–Crippen LogP) is 2.66. The van der Waals surface area contributed by atoms with E-state index in [1.165, 1.54) is 6.07 Å². The van der Waals surface area contributed by atoms with Gasteiger partial charge >= 0.3 is 0 Å². The number of hydrogen-bond acceptors (Lipinski definition) is 3. The first-order valence-corrected chi connectivity index (χ1v) is 6.61. The van der Waals surface area contributed by atoms with Gasteiger partial charge in [0.2, 0.25) is 0 Å². The van der Waals surface area contributed by atoms with Crippen LogP contribution in [0.1, 0.15) is 18.4 Å². The smallest absolute Gasteiger partial charge is 0.147 e. The van der Waals surface area contributed by atoms with E-state index < -0.39 is 0 Å². The predicted molar refractivity (Wildman–Crippen MR) is 69.7 cm³/mol. The summed E-state index contributed by atoms with van der Waals surface area (Å²) in [4.78, 5) is 2.19. The average Bonchev–Trinajstić information content (AvgIpc) is 2.79. The summed E-state index contributed by atoms with van der Waals surface area (Å²) in [6, 6.07) is 3.85. The van der Waals surface area contributed by atoms with Gasteiger partial charge in [0.15, 0.2) is 0 Å². The molecule has 1 saturated heterocycles. The number of ether oxygens (including phenoxy) is 1. The second-order valence-electron chi connectivity index (χ2n) is 4.31. The van der Waals surface area contributed by atoms with Crippen molar-refractivity contribution in [2.24, 2.45) is 0 Å². The van der Waals surface area contributed by atoms with Gasteiger partial charge in [0.25, 0.3) is 0 Å². The first-order chi connectivity index (χ1) is 8.22. The van der Waals surface area contributed by atoms with E-state index in [2.05, 4.69) is 11.0 Å². The summed E-state index contributed by atoms with van der Waals surface area (Å²) in [5, 5.41) is 9.22. The van der Waals surface area contributed by atoms with Crippen LogP contribution in [0, 0.1) is 20.7 Å². The van der Waals surface area contributed by atoms with Crippen molar-refractivity contribution in [3.8, 4) is 11.8 Å². The van der Waals surface area contributed by atoms with Gasteiger partial charge in [-0.2, -0.15) is 5.26 Å². The molecule has 0 unspecified atom stereocenters. The highest BCUT2D eigenvalue weighted by molar-refractivity contribution is 14.1. The van der Waals surface area contributed by atoms with Crippen molar-refractivity contribution in [2.45, 2.75) is 18.9 Å². The van der Waals surface area contributed by atoms with Crippen LogP contribution >= 0.6 is 22.6 Å². The average molecular weight is 344 g/mol. The van der Waals surface area contributed by atoms with E-state index in [0.717, 1.165) is 25.1 Å². The molecule has 1 aromatic rings. The lowest BCUT2D eigenvalue weighted by molar-refractivity contribution is 0.270. The largest absolute Gasteiger partial charge is 0.489 e. The van der Waals surface area contributed by atoms with Crippen molar-refractivity contribution in [2.75, 3.05) is 18.1 Å². The molecule has 17 heavy (non-hydrogen) atoms. The Morgan fingerprint density at radius 2 is 2.41 bits per heavy atom. The normalized spacial score (nSPS) is 21.5. The molecule has 1 aromatic carbocycles. The van der Waals surface area contributed by atoms with Crippen LogP contribution in [-0.4, -0.2) is 19.2 Å². The summed E-state index contributed by atoms with van der Waals surface area (Å²) in [5.41, 5.74) is 1.19. The first kappa shape index (κ1) is 11.1. The Morgan fingerprint density at radius 1 is 1.59 bits per heavy atom. The molecule has 0 saturated carbocycles. The monoisotopic (exact) mass is 344 g/mol. The minimum absolute atomic E-state index is 0.343. The third kappa shape index (κ3) is 1.58. The van der Waals surface area contributed by atoms with Crippen LogP contribution < -0.4 is 9.64 Å². The van der Waals surface area contributed by atoms with Crippen LogP contribution in [-0.2, 0) is 0 Å². The van der Waals surface area contributed by atoms with Gasteiger partial charge in [-0.3, -0.25) is 0 Å². The van der Waals surface area contributed by atoms with Crippen molar-refractivity contribution >= 4 is 28.3 Å². The molecule has 1 atom stereocenters. The highest BCUT2D eigenvalue weighted by Gasteiger charge is 2.34. The van der Waals surface area contributed by atoms with Gasteiger partial charge in [-0.25, -0.2) is 4.39 Å². The Bertz CT molecular complexity index is 526. The molecule has 3 nitrogen and oxygen atoms in total. The summed E-state index contributed by atoms with van der Waals surface area (Å²) in [6.07, 6.45) is 2.19. The summed E-state index contributed by atoms with van der Waals surface area (Å²) < 4.78 is 19.6. The number of halogens is 2. The van der Waals surface area contributed by atoms with Gasteiger partial charge in [-0.15, -0.1) is 0 Å². The Kier molecular flexibility index (Phi) is 2.62. The summed E-state index contributed by atoms with van der Waals surface area (Å²) in [6.45, 7) is 1.52. The molecule has 0 spiro atoms. The molecule has 5 heteroatoms. The highest BCUT2D eigenvalue weighted by atomic mass is 127. The molecule has 2 aliphatic heterocycles. The molecule has 2 heterocycles. The Balaban J connectivity index is 2.23. The summed E-state index contributed by atoms with van der Waals surface area (Å²) in [7, 11) is 0. The van der Waals surface area contributed by atoms with E-state index in [4.69, 9.17) is 4.74 Å². The zero-order chi connectivity index (χ0) is 12.0. The summed E-state index contributed by atoms with van der Waals surface area (Å²) in [5.74, 6) is 0.135. The van der Waals surface area contributed by atoms with Crippen molar-refractivity contribution in [1.29, 1.82) is 5.26 Å². The van der Waals surface area contributed by atoms with E-state index in [9.17, 15) is 9.65 Å². The SMILES string of the molecule is N#Cc1c(I)c(F)cc2c1N1CCC[C@@H]1CO2. The maximum absolute atomic E-state index is 13.6. The second-order valence-corrected chi connectivity index (χ2v) is 5.39. The number of fused-ring (bicyclic) bond motifs is 3. The van der Waals surface area contributed by atoms with Crippen LogP contribution in [0.15, 0.2) is 6.07 Å². The summed E-state index contributed by atoms with van der Waals surface area (Å²) >= 11 is 1.89. The first-order valence-electron chi connectivity index (χ1n) is 5.54. The van der Waals surface area contributed by atoms with Crippen molar-refractivity contribution in [1.82, 2.24) is 0 Å². The van der Waals surface area contributed by atoms with Gasteiger partial charge in [-0.05, 0) is 35.4 Å². The van der Waals surface area contributed by atoms with E-state index in [1.807, 2.05) is 22.6 Å². The molecule has 1 fully saturated rings. The van der Waals surface area contributed by atoms with Gasteiger partial charge in [-0.1, -0.05) is 0 Å². The number of hydrogen-bond donors (Lipinski definition) is 0. The van der Waals surface area contributed by atoms with Crippen LogP contribution in [0.2, 0.25) is 0 Å². The van der Waals surface area contributed by atoms with Gasteiger partial charge in [0.1, 0.15) is 24.2 Å². The number of benzene rings is 1. The fourth-order valence-corrected chi connectivity index (χ4v) is 3.11. The van der Waals surface area contributed by atoms with Crippen LogP contribution in [0.25, 0.3) is 0 Å². The molecule has 0 bridgehead atoms. The molecular weight excluding hydrogens is 334 g/mol. The molecule has 0 N–H and O–H groups in total. The standard InChI is InChI=1S/C12H10FIN2O/c13-9-4-10-12(8(5-15)11(9)14)16-3-1-2-7(16)6-17-10/h4,7H,1-3,6H2/t7-/m1/s1. The quantitative estimate of drug-likeness (QED) is 0.679. The Hall–Kier alpha value is -1.03. The number of rotatable bonds is 0. The molecule has 0 aromatic heterocycles. The fraction of sp³-hybridized carbons (Fsp3) is 0.417. The zero-order valence-corrected chi connectivity index (χ0v) is 11.2. The lowest BCUT2D eigenvalue weighted by Gasteiger charge is -2.34. The maximum Gasteiger partial charge on any atom is 0.147 e. The van der Waals surface area contributed by atoms with E-state index in [0.29, 0.717) is 27.5 Å². The van der Waals surface area contributed by atoms with Gasteiger partial charge < -0.3 is 9.64 Å².